The second kappa shape index (κ2) is 26.2. The van der Waals surface area contributed by atoms with E-state index in [1.807, 2.05) is 0 Å². The maximum absolute atomic E-state index is 8.08. The highest BCUT2D eigenvalue weighted by Crippen LogP contribution is 2.58. The normalized spacial score (nSPS) is 16.9. The van der Waals surface area contributed by atoms with Crippen LogP contribution in [0.25, 0.3) is 0 Å². The third-order valence-corrected chi connectivity index (χ3v) is 58.9. The zero-order chi connectivity index (χ0) is 50.3. The molecule has 0 aromatic heterocycles. The Morgan fingerprint density at radius 2 is 0.460 bits per heavy atom. The van der Waals surface area contributed by atoms with E-state index >= 15 is 0 Å². The minimum Gasteiger partial charge on any atom is -0.376 e. The van der Waals surface area contributed by atoms with Gasteiger partial charge in [-0.2, -0.15) is 0 Å². The van der Waals surface area contributed by atoms with Crippen molar-refractivity contribution in [2.45, 2.75) is 322 Å². The first-order valence-corrected chi connectivity index (χ1v) is 43.9. The highest BCUT2D eigenvalue weighted by atomic mass is 35.7. The van der Waals surface area contributed by atoms with Gasteiger partial charge in [0.25, 0.3) is 13.4 Å². The fourth-order valence-corrected chi connectivity index (χ4v) is 67.3. The van der Waals surface area contributed by atoms with Crippen molar-refractivity contribution in [1.82, 2.24) is 8.46 Å². The lowest BCUT2D eigenvalue weighted by molar-refractivity contribution is 0.0672. The SMILES string of the molecule is CCC(C[Si](Cl)(Cl)C(CC)OC(CC)[Si](Cl)(Cl)CC(CC)N([Si](C(C)C)(C(C)C)C(C)C)[Si](C(C)C)(C(C)C)C(C)C)N([Si](C(C)C)(C(C)C)C(C)C)[Si](C(C)C)(C(C)C)C(C)C. The van der Waals surface area contributed by atoms with Crippen molar-refractivity contribution in [2.24, 2.45) is 0 Å². The van der Waals surface area contributed by atoms with Gasteiger partial charge in [0.05, 0.1) is 11.5 Å². The second-order valence-corrected chi connectivity index (χ2v) is 62.3. The van der Waals surface area contributed by atoms with Crippen LogP contribution in [0.1, 0.15) is 220 Å². The standard InChI is InChI=1S/C50H112Cl4N2OSi6/c1-29-47(55(60(35(5)6,36(7)8)37(9)10)61(38(11)12,39(13)14)40(15)16)33-58(51,52)49(31-3)57-50(32-4)59(53,54)34-48(30-2)56(62(41(17)18,42(19)20)43(21)22)63(44(23)24,45(25)26)46(27)28/h35-50H,29-34H2,1-28H3. The van der Waals surface area contributed by atoms with Gasteiger partial charge in [0.1, 0.15) is 32.9 Å². The van der Waals surface area contributed by atoms with Crippen LogP contribution in [0.2, 0.25) is 78.6 Å². The number of rotatable bonds is 30. The van der Waals surface area contributed by atoms with E-state index in [9.17, 15) is 0 Å². The Balaban J connectivity index is 7.98. The topological polar surface area (TPSA) is 15.7 Å². The Labute approximate surface area is 422 Å². The molecule has 380 valence electrons. The van der Waals surface area contributed by atoms with Crippen molar-refractivity contribution >= 4 is 90.6 Å². The molecule has 0 heterocycles. The maximum Gasteiger partial charge on any atom is 0.280 e. The Hall–Kier alpha value is 2.34. The summed E-state index contributed by atoms with van der Waals surface area (Å²) >= 11 is 32.3. The molecule has 0 aliphatic heterocycles. The van der Waals surface area contributed by atoms with Gasteiger partial charge in [-0.1, -0.05) is 194 Å². The van der Waals surface area contributed by atoms with Crippen LogP contribution in [-0.2, 0) is 4.74 Å². The maximum atomic E-state index is 8.08. The Morgan fingerprint density at radius 3 is 0.571 bits per heavy atom. The van der Waals surface area contributed by atoms with Crippen LogP contribution >= 0.6 is 44.3 Å². The molecule has 0 radical (unpaired) electrons. The van der Waals surface area contributed by atoms with Gasteiger partial charge < -0.3 is 13.2 Å². The highest BCUT2D eigenvalue weighted by Gasteiger charge is 2.64. The summed E-state index contributed by atoms with van der Waals surface area (Å²) in [5.41, 5.74) is 6.62. The van der Waals surface area contributed by atoms with Crippen molar-refractivity contribution in [3.8, 4) is 0 Å². The van der Waals surface area contributed by atoms with Crippen LogP contribution < -0.4 is 0 Å². The lowest BCUT2D eigenvalue weighted by atomic mass is 10.3. The van der Waals surface area contributed by atoms with E-state index in [1.54, 1.807) is 0 Å². The number of hydrogen-bond acceptors (Lipinski definition) is 3. The van der Waals surface area contributed by atoms with Crippen molar-refractivity contribution in [3.63, 3.8) is 0 Å². The minimum absolute atomic E-state index is 0.255. The average molecular weight is 1070 g/mol. The third kappa shape index (κ3) is 12.7. The zero-order valence-electron chi connectivity index (χ0n) is 47.3. The summed E-state index contributed by atoms with van der Waals surface area (Å²) in [5, 5.41) is 0. The summed E-state index contributed by atoms with van der Waals surface area (Å²) in [4.78, 5) is 0. The molecular weight excluding hydrogens is 955 g/mol. The van der Waals surface area contributed by atoms with Gasteiger partial charge in [0.15, 0.2) is 0 Å². The molecule has 0 amide bonds. The van der Waals surface area contributed by atoms with E-state index in [0.29, 0.717) is 78.6 Å². The third-order valence-electron chi connectivity index (χ3n) is 17.5. The lowest BCUT2D eigenvalue weighted by Crippen LogP contribution is -2.76. The zero-order valence-corrected chi connectivity index (χ0v) is 56.3. The van der Waals surface area contributed by atoms with Gasteiger partial charge in [-0.3, -0.25) is 0 Å². The average Bonchev–Trinajstić information content (AvgIpc) is 3.11. The Morgan fingerprint density at radius 1 is 0.302 bits per heavy atom. The molecule has 3 nitrogen and oxygen atoms in total. The molecule has 0 saturated heterocycles. The molecular formula is C50H112Cl4N2OSi6. The number of nitrogens with zero attached hydrogens (tertiary/aromatic N) is 2. The summed E-state index contributed by atoms with van der Waals surface area (Å²) in [6.07, 6.45) is 3.62. The highest BCUT2D eigenvalue weighted by molar-refractivity contribution is 7.47. The van der Waals surface area contributed by atoms with Crippen LogP contribution in [0.4, 0.5) is 0 Å². The summed E-state index contributed by atoms with van der Waals surface area (Å²) < 4.78 is 14.1. The van der Waals surface area contributed by atoms with Crippen molar-refractivity contribution in [3.05, 3.63) is 0 Å². The summed E-state index contributed by atoms with van der Waals surface area (Å²) in [5.74, 6) is 0. The fraction of sp³-hybridized carbons (Fsp3) is 1.00. The summed E-state index contributed by atoms with van der Waals surface area (Å²) in [7, 11) is -8.67. The molecule has 0 aromatic rings. The molecule has 13 heteroatoms. The van der Waals surface area contributed by atoms with E-state index in [0.717, 1.165) is 37.8 Å². The molecule has 0 aliphatic rings. The van der Waals surface area contributed by atoms with Crippen LogP contribution in [0.3, 0.4) is 0 Å². The summed E-state index contributed by atoms with van der Waals surface area (Å²) in [6.45, 7) is 64.2. The van der Waals surface area contributed by atoms with E-state index < -0.39 is 46.3 Å². The van der Waals surface area contributed by atoms with Gasteiger partial charge >= 0.3 is 0 Å². The quantitative estimate of drug-likeness (QED) is 0.0527. The van der Waals surface area contributed by atoms with Gasteiger partial charge in [-0.15, -0.1) is 44.3 Å². The van der Waals surface area contributed by atoms with Crippen molar-refractivity contribution in [1.29, 1.82) is 0 Å². The van der Waals surface area contributed by atoms with Gasteiger partial charge in [0.2, 0.25) is 0 Å². The van der Waals surface area contributed by atoms with E-state index in [4.69, 9.17) is 49.1 Å². The first kappa shape index (κ1) is 65.3. The molecule has 0 rings (SSSR count). The number of hydrogen-bond donors (Lipinski definition) is 0. The predicted octanol–water partition coefficient (Wildman–Crippen LogP) is 20.3. The molecule has 0 bridgehead atoms. The first-order chi connectivity index (χ1) is 28.5. The molecule has 0 spiro atoms. The molecule has 4 atom stereocenters. The van der Waals surface area contributed by atoms with E-state index in [-0.39, 0.29) is 11.5 Å². The van der Waals surface area contributed by atoms with Crippen molar-refractivity contribution < 1.29 is 4.74 Å². The summed E-state index contributed by atoms with van der Waals surface area (Å²) in [6, 6.07) is 2.22. The van der Waals surface area contributed by atoms with Gasteiger partial charge in [-0.25, -0.2) is 0 Å². The number of halogens is 4. The van der Waals surface area contributed by atoms with E-state index in [2.05, 4.69) is 202 Å². The molecule has 0 saturated carbocycles. The van der Waals surface area contributed by atoms with Crippen LogP contribution in [0.15, 0.2) is 0 Å². The van der Waals surface area contributed by atoms with Gasteiger partial charge in [0, 0.05) is 0 Å². The molecule has 0 N–H and O–H groups in total. The number of ether oxygens (including phenoxy) is 1. The molecule has 0 aromatic carbocycles. The first-order valence-electron chi connectivity index (χ1n) is 26.5. The molecule has 0 aliphatic carbocycles. The van der Waals surface area contributed by atoms with Crippen LogP contribution in [0.5, 0.6) is 0 Å². The monoisotopic (exact) mass is 1060 g/mol. The molecule has 0 fully saturated rings. The minimum atomic E-state index is -3.09. The predicted molar refractivity (Wildman–Crippen MR) is 310 cm³/mol. The van der Waals surface area contributed by atoms with E-state index in [1.165, 1.54) is 0 Å². The van der Waals surface area contributed by atoms with Crippen LogP contribution in [0, 0.1) is 0 Å². The largest absolute Gasteiger partial charge is 0.376 e. The fourth-order valence-electron chi connectivity index (χ4n) is 16.2. The Kier molecular flexibility index (Phi) is 27.1. The lowest BCUT2D eigenvalue weighted by Gasteiger charge is -2.65. The van der Waals surface area contributed by atoms with Crippen LogP contribution in [-0.4, -0.2) is 78.3 Å². The smallest absolute Gasteiger partial charge is 0.280 e. The molecule has 4 unspecified atom stereocenters. The Bertz CT molecular complexity index is 1060. The van der Waals surface area contributed by atoms with Crippen molar-refractivity contribution in [2.75, 3.05) is 0 Å². The van der Waals surface area contributed by atoms with Gasteiger partial charge in [-0.05, 0) is 116 Å². The second-order valence-electron chi connectivity index (χ2n) is 24.1. The molecule has 63 heavy (non-hydrogen) atoms.